The molecule has 3 heteroatoms. The van der Waals surface area contributed by atoms with E-state index in [2.05, 4.69) is 54.4 Å². The second kappa shape index (κ2) is 7.15. The third-order valence-electron chi connectivity index (χ3n) is 3.49. The molecule has 0 fully saturated rings. The summed E-state index contributed by atoms with van der Waals surface area (Å²) in [6, 6.07) is 12.6. The molecule has 1 aromatic carbocycles. The Labute approximate surface area is 121 Å². The first-order valence-corrected chi connectivity index (χ1v) is 7.33. The van der Waals surface area contributed by atoms with Crippen LogP contribution < -0.4 is 10.2 Å². The second-order valence-electron chi connectivity index (χ2n) is 4.92. The molecule has 0 spiro atoms. The first kappa shape index (κ1) is 14.7. The lowest BCUT2D eigenvalue weighted by molar-refractivity contribution is 0.475. The van der Waals surface area contributed by atoms with E-state index >= 15 is 0 Å². The van der Waals surface area contributed by atoms with Crippen molar-refractivity contribution in [3.05, 3.63) is 53.5 Å². The van der Waals surface area contributed by atoms with Gasteiger partial charge in [-0.1, -0.05) is 25.1 Å². The number of aryl methyl sites for hydroxylation is 1. The largest absolute Gasteiger partial charge is 0.464 e. The molecule has 2 aromatic rings. The Hall–Kier alpha value is -1.74. The standard InChI is InChI=1S/C17H24N2O/c1-4-18-12-15-11-17(20-14(15)3)13-19(5-2)16-9-7-6-8-10-16/h6-11,18H,4-5,12-13H2,1-3H3. The number of rotatable bonds is 7. The average molecular weight is 272 g/mol. The highest BCUT2D eigenvalue weighted by Gasteiger charge is 2.11. The fourth-order valence-electron chi connectivity index (χ4n) is 2.31. The number of hydrogen-bond acceptors (Lipinski definition) is 3. The fourth-order valence-corrected chi connectivity index (χ4v) is 2.31. The quantitative estimate of drug-likeness (QED) is 0.832. The van der Waals surface area contributed by atoms with Gasteiger partial charge in [-0.15, -0.1) is 0 Å². The predicted molar refractivity (Wildman–Crippen MR) is 84.0 cm³/mol. The predicted octanol–water partition coefficient (Wildman–Crippen LogP) is 3.72. The number of benzene rings is 1. The Morgan fingerprint density at radius 3 is 2.55 bits per heavy atom. The Bertz CT molecular complexity index is 519. The van der Waals surface area contributed by atoms with Gasteiger partial charge in [0.25, 0.3) is 0 Å². The molecule has 20 heavy (non-hydrogen) atoms. The summed E-state index contributed by atoms with van der Waals surface area (Å²) in [4.78, 5) is 2.31. The summed E-state index contributed by atoms with van der Waals surface area (Å²) < 4.78 is 5.88. The summed E-state index contributed by atoms with van der Waals surface area (Å²) in [7, 11) is 0. The zero-order valence-corrected chi connectivity index (χ0v) is 12.6. The molecule has 1 heterocycles. The van der Waals surface area contributed by atoms with E-state index in [1.54, 1.807) is 0 Å². The van der Waals surface area contributed by atoms with Gasteiger partial charge < -0.3 is 14.6 Å². The Kier molecular flexibility index (Phi) is 5.24. The minimum atomic E-state index is 0.813. The first-order chi connectivity index (χ1) is 9.74. The molecule has 0 unspecified atom stereocenters. The zero-order valence-electron chi connectivity index (χ0n) is 12.6. The van der Waals surface area contributed by atoms with E-state index in [-0.39, 0.29) is 0 Å². The lowest BCUT2D eigenvalue weighted by Gasteiger charge is -2.21. The van der Waals surface area contributed by atoms with Gasteiger partial charge >= 0.3 is 0 Å². The van der Waals surface area contributed by atoms with Crippen molar-refractivity contribution in [2.75, 3.05) is 18.0 Å². The SMILES string of the molecule is CCNCc1cc(CN(CC)c2ccccc2)oc1C. The normalized spacial score (nSPS) is 10.8. The molecule has 108 valence electrons. The van der Waals surface area contributed by atoms with Crippen molar-refractivity contribution < 1.29 is 4.42 Å². The van der Waals surface area contributed by atoms with Gasteiger partial charge in [-0.05, 0) is 38.6 Å². The molecule has 0 atom stereocenters. The van der Waals surface area contributed by atoms with E-state index in [0.29, 0.717) is 0 Å². The summed E-state index contributed by atoms with van der Waals surface area (Å²) in [5.41, 5.74) is 2.49. The number of anilines is 1. The van der Waals surface area contributed by atoms with Crippen molar-refractivity contribution in [1.82, 2.24) is 5.32 Å². The van der Waals surface area contributed by atoms with Crippen LogP contribution in [0.2, 0.25) is 0 Å². The van der Waals surface area contributed by atoms with Crippen LogP contribution in [-0.2, 0) is 13.1 Å². The maximum atomic E-state index is 5.88. The molecule has 0 saturated heterocycles. The average Bonchev–Trinajstić information content (AvgIpc) is 2.83. The summed E-state index contributed by atoms with van der Waals surface area (Å²) in [5, 5.41) is 3.34. The van der Waals surface area contributed by atoms with Crippen molar-refractivity contribution in [2.45, 2.75) is 33.9 Å². The Balaban J connectivity index is 2.08. The van der Waals surface area contributed by atoms with Gasteiger partial charge in [-0.25, -0.2) is 0 Å². The van der Waals surface area contributed by atoms with Gasteiger partial charge in [-0.2, -0.15) is 0 Å². The number of nitrogens with one attached hydrogen (secondary N) is 1. The molecular formula is C17H24N2O. The summed E-state index contributed by atoms with van der Waals surface area (Å²) in [6.07, 6.45) is 0. The van der Waals surface area contributed by atoms with Crippen molar-refractivity contribution in [2.24, 2.45) is 0 Å². The van der Waals surface area contributed by atoms with Crippen LogP contribution >= 0.6 is 0 Å². The van der Waals surface area contributed by atoms with Crippen molar-refractivity contribution in [3.8, 4) is 0 Å². The lowest BCUT2D eigenvalue weighted by Crippen LogP contribution is -2.21. The van der Waals surface area contributed by atoms with Gasteiger partial charge in [0.2, 0.25) is 0 Å². The molecule has 0 bridgehead atoms. The number of para-hydroxylation sites is 1. The van der Waals surface area contributed by atoms with Crippen LogP contribution in [0.25, 0.3) is 0 Å². The molecule has 0 aliphatic carbocycles. The van der Waals surface area contributed by atoms with E-state index in [0.717, 1.165) is 37.7 Å². The summed E-state index contributed by atoms with van der Waals surface area (Å²) in [6.45, 7) is 9.95. The summed E-state index contributed by atoms with van der Waals surface area (Å²) >= 11 is 0. The van der Waals surface area contributed by atoms with Gasteiger partial charge in [-0.3, -0.25) is 0 Å². The molecular weight excluding hydrogens is 248 g/mol. The first-order valence-electron chi connectivity index (χ1n) is 7.33. The fraction of sp³-hybridized carbons (Fsp3) is 0.412. The van der Waals surface area contributed by atoms with Gasteiger partial charge in [0.1, 0.15) is 11.5 Å². The van der Waals surface area contributed by atoms with Crippen LogP contribution in [0.5, 0.6) is 0 Å². The molecule has 0 aliphatic heterocycles. The zero-order chi connectivity index (χ0) is 14.4. The third-order valence-corrected chi connectivity index (χ3v) is 3.49. The number of nitrogens with zero attached hydrogens (tertiary/aromatic N) is 1. The van der Waals surface area contributed by atoms with Crippen LogP contribution in [0.15, 0.2) is 40.8 Å². The van der Waals surface area contributed by atoms with E-state index in [1.807, 2.05) is 13.0 Å². The highest BCUT2D eigenvalue weighted by molar-refractivity contribution is 5.46. The van der Waals surface area contributed by atoms with Crippen LogP contribution in [0, 0.1) is 6.92 Å². The van der Waals surface area contributed by atoms with Gasteiger partial charge in [0.15, 0.2) is 0 Å². The smallest absolute Gasteiger partial charge is 0.123 e. The second-order valence-corrected chi connectivity index (χ2v) is 4.92. The third kappa shape index (κ3) is 3.64. The van der Waals surface area contributed by atoms with Crippen LogP contribution in [0.3, 0.4) is 0 Å². The molecule has 1 aromatic heterocycles. The highest BCUT2D eigenvalue weighted by Crippen LogP contribution is 2.20. The number of furan rings is 1. The Morgan fingerprint density at radius 1 is 1.15 bits per heavy atom. The van der Waals surface area contributed by atoms with Crippen molar-refractivity contribution in [1.29, 1.82) is 0 Å². The monoisotopic (exact) mass is 272 g/mol. The van der Waals surface area contributed by atoms with E-state index in [4.69, 9.17) is 4.42 Å². The van der Waals surface area contributed by atoms with Crippen molar-refractivity contribution in [3.63, 3.8) is 0 Å². The maximum Gasteiger partial charge on any atom is 0.123 e. The van der Waals surface area contributed by atoms with Gasteiger partial charge in [0, 0.05) is 24.3 Å². The lowest BCUT2D eigenvalue weighted by atomic mass is 10.2. The van der Waals surface area contributed by atoms with E-state index in [1.165, 1.54) is 11.3 Å². The molecule has 2 rings (SSSR count). The van der Waals surface area contributed by atoms with Crippen LogP contribution in [-0.4, -0.2) is 13.1 Å². The molecule has 3 nitrogen and oxygen atoms in total. The van der Waals surface area contributed by atoms with E-state index < -0.39 is 0 Å². The highest BCUT2D eigenvalue weighted by atomic mass is 16.3. The Morgan fingerprint density at radius 2 is 1.90 bits per heavy atom. The van der Waals surface area contributed by atoms with Crippen LogP contribution in [0.4, 0.5) is 5.69 Å². The van der Waals surface area contributed by atoms with Crippen LogP contribution in [0.1, 0.15) is 30.9 Å². The molecule has 0 aliphatic rings. The molecule has 0 radical (unpaired) electrons. The maximum absolute atomic E-state index is 5.88. The van der Waals surface area contributed by atoms with Crippen molar-refractivity contribution >= 4 is 5.69 Å². The summed E-state index contributed by atoms with van der Waals surface area (Å²) in [5.74, 6) is 2.05. The van der Waals surface area contributed by atoms with Gasteiger partial charge in [0.05, 0.1) is 6.54 Å². The molecule has 0 saturated carbocycles. The number of hydrogen-bond donors (Lipinski definition) is 1. The minimum Gasteiger partial charge on any atom is -0.464 e. The van der Waals surface area contributed by atoms with E-state index in [9.17, 15) is 0 Å². The minimum absolute atomic E-state index is 0.813. The molecule has 0 amide bonds. The topological polar surface area (TPSA) is 28.4 Å². The molecule has 1 N–H and O–H groups in total.